The molecule has 1 aromatic heterocycles. The molecule has 4 rings (SSSR count). The predicted octanol–water partition coefficient (Wildman–Crippen LogP) is 5.94. The molecule has 1 N–H and O–H groups in total. The lowest BCUT2D eigenvalue weighted by atomic mass is 10.2. The fraction of sp³-hybridized carbons (Fsp3) is 0.160. The van der Waals surface area contributed by atoms with Gasteiger partial charge < -0.3 is 10.1 Å². The van der Waals surface area contributed by atoms with Crippen LogP contribution in [-0.2, 0) is 4.79 Å². The highest BCUT2D eigenvalue weighted by atomic mass is 35.5. The monoisotopic (exact) mass is 478 g/mol. The fourth-order valence-corrected chi connectivity index (χ4v) is 4.28. The molecular formula is C25H23ClN4O2S. The van der Waals surface area contributed by atoms with Crippen molar-refractivity contribution in [2.75, 3.05) is 18.2 Å². The molecule has 33 heavy (non-hydrogen) atoms. The minimum atomic E-state index is -0.160. The number of hydrogen-bond donors (Lipinski definition) is 1. The molecule has 0 saturated carbocycles. The molecule has 6 nitrogen and oxygen atoms in total. The predicted molar refractivity (Wildman–Crippen MR) is 134 cm³/mol. The zero-order valence-corrected chi connectivity index (χ0v) is 20.1. The third-order valence-electron chi connectivity index (χ3n) is 4.97. The maximum Gasteiger partial charge on any atom is 0.234 e. The number of hydrogen-bond acceptors (Lipinski definition) is 5. The summed E-state index contributed by atoms with van der Waals surface area (Å²) in [7, 11) is 1.58. The van der Waals surface area contributed by atoms with Crippen molar-refractivity contribution < 1.29 is 9.53 Å². The number of rotatable bonds is 7. The molecule has 8 heteroatoms. The van der Waals surface area contributed by atoms with Crippen molar-refractivity contribution in [1.82, 2.24) is 14.8 Å². The van der Waals surface area contributed by atoms with Crippen LogP contribution in [0.5, 0.6) is 5.75 Å². The highest BCUT2D eigenvalue weighted by Crippen LogP contribution is 2.30. The Morgan fingerprint density at radius 2 is 1.79 bits per heavy atom. The van der Waals surface area contributed by atoms with E-state index in [0.29, 0.717) is 27.4 Å². The van der Waals surface area contributed by atoms with Gasteiger partial charge in [0, 0.05) is 16.3 Å². The summed E-state index contributed by atoms with van der Waals surface area (Å²) >= 11 is 7.52. The van der Waals surface area contributed by atoms with Gasteiger partial charge in [0.25, 0.3) is 0 Å². The van der Waals surface area contributed by atoms with Crippen LogP contribution in [0.4, 0.5) is 5.69 Å². The second kappa shape index (κ2) is 10.1. The Kier molecular flexibility index (Phi) is 7.01. The number of thioether (sulfide) groups is 1. The van der Waals surface area contributed by atoms with Crippen molar-refractivity contribution in [3.05, 3.63) is 82.9 Å². The summed E-state index contributed by atoms with van der Waals surface area (Å²) in [5.41, 5.74) is 4.57. The fourth-order valence-electron chi connectivity index (χ4n) is 3.34. The average Bonchev–Trinajstić information content (AvgIpc) is 3.22. The van der Waals surface area contributed by atoms with E-state index in [1.54, 1.807) is 7.11 Å². The molecule has 0 atom stereocenters. The Hall–Kier alpha value is -3.29. The van der Waals surface area contributed by atoms with Gasteiger partial charge >= 0.3 is 0 Å². The summed E-state index contributed by atoms with van der Waals surface area (Å²) in [5, 5.41) is 12.9. The van der Waals surface area contributed by atoms with E-state index in [-0.39, 0.29) is 11.7 Å². The van der Waals surface area contributed by atoms with E-state index >= 15 is 0 Å². The van der Waals surface area contributed by atoms with Crippen LogP contribution in [-0.4, -0.2) is 33.5 Å². The van der Waals surface area contributed by atoms with Crippen molar-refractivity contribution in [3.63, 3.8) is 0 Å². The topological polar surface area (TPSA) is 69.0 Å². The zero-order chi connectivity index (χ0) is 23.4. The number of carbonyl (C=O) groups is 1. The lowest BCUT2D eigenvalue weighted by Crippen LogP contribution is -2.15. The molecule has 0 spiro atoms. The summed E-state index contributed by atoms with van der Waals surface area (Å²) in [6, 6.07) is 21.2. The molecule has 0 unspecified atom stereocenters. The van der Waals surface area contributed by atoms with Gasteiger partial charge in [-0.05, 0) is 55.8 Å². The molecule has 0 saturated heterocycles. The third-order valence-corrected chi connectivity index (χ3v) is 6.13. The van der Waals surface area contributed by atoms with Crippen molar-refractivity contribution in [1.29, 1.82) is 0 Å². The maximum atomic E-state index is 12.7. The molecule has 4 aromatic rings. The van der Waals surface area contributed by atoms with Gasteiger partial charge in [0.2, 0.25) is 5.91 Å². The molecule has 168 valence electrons. The van der Waals surface area contributed by atoms with Gasteiger partial charge in [0.05, 0.1) is 18.6 Å². The van der Waals surface area contributed by atoms with Crippen LogP contribution in [0.1, 0.15) is 11.1 Å². The van der Waals surface area contributed by atoms with E-state index in [9.17, 15) is 4.79 Å². The minimum Gasteiger partial charge on any atom is -0.495 e. The van der Waals surface area contributed by atoms with Gasteiger partial charge in [-0.25, -0.2) is 0 Å². The second-order valence-corrected chi connectivity index (χ2v) is 8.91. The molecule has 0 radical (unpaired) electrons. The number of nitrogens with zero attached hydrogens (tertiary/aromatic N) is 3. The van der Waals surface area contributed by atoms with Crippen LogP contribution in [0.2, 0.25) is 5.02 Å². The van der Waals surface area contributed by atoms with Gasteiger partial charge in [0.15, 0.2) is 11.0 Å². The van der Waals surface area contributed by atoms with Crippen molar-refractivity contribution in [2.24, 2.45) is 0 Å². The van der Waals surface area contributed by atoms with Crippen LogP contribution in [0.3, 0.4) is 0 Å². The van der Waals surface area contributed by atoms with E-state index in [1.807, 2.05) is 85.1 Å². The zero-order valence-electron chi connectivity index (χ0n) is 18.5. The van der Waals surface area contributed by atoms with Crippen LogP contribution in [0, 0.1) is 13.8 Å². The highest BCUT2D eigenvalue weighted by molar-refractivity contribution is 7.99. The lowest BCUT2D eigenvalue weighted by Gasteiger charge is -2.12. The molecule has 0 aliphatic heterocycles. The maximum absolute atomic E-state index is 12.7. The molecule has 0 aliphatic rings. The first-order chi connectivity index (χ1) is 15.9. The Labute approximate surface area is 202 Å². The Morgan fingerprint density at radius 1 is 1.03 bits per heavy atom. The number of carbonyl (C=O) groups excluding carboxylic acids is 1. The summed E-state index contributed by atoms with van der Waals surface area (Å²) in [4.78, 5) is 12.7. The molecular weight excluding hydrogens is 456 g/mol. The number of amides is 1. The van der Waals surface area contributed by atoms with Crippen LogP contribution in [0.25, 0.3) is 17.1 Å². The summed E-state index contributed by atoms with van der Waals surface area (Å²) < 4.78 is 7.29. The van der Waals surface area contributed by atoms with Gasteiger partial charge in [-0.1, -0.05) is 59.3 Å². The molecule has 1 amide bonds. The Balaban J connectivity index is 1.61. The van der Waals surface area contributed by atoms with Crippen molar-refractivity contribution in [3.8, 4) is 22.8 Å². The number of anilines is 1. The van der Waals surface area contributed by atoms with Crippen LogP contribution >= 0.6 is 23.4 Å². The van der Waals surface area contributed by atoms with Crippen molar-refractivity contribution in [2.45, 2.75) is 19.0 Å². The van der Waals surface area contributed by atoms with Gasteiger partial charge in [-0.2, -0.15) is 0 Å². The van der Waals surface area contributed by atoms with E-state index in [1.165, 1.54) is 11.8 Å². The Bertz CT molecular complexity index is 1290. The van der Waals surface area contributed by atoms with Gasteiger partial charge in [-0.3, -0.25) is 9.36 Å². The average molecular weight is 479 g/mol. The minimum absolute atomic E-state index is 0.160. The largest absolute Gasteiger partial charge is 0.495 e. The van der Waals surface area contributed by atoms with E-state index < -0.39 is 0 Å². The Morgan fingerprint density at radius 3 is 2.52 bits per heavy atom. The lowest BCUT2D eigenvalue weighted by molar-refractivity contribution is -0.113. The summed E-state index contributed by atoms with van der Waals surface area (Å²) in [6.07, 6.45) is 0. The number of ether oxygens (including phenoxy) is 1. The summed E-state index contributed by atoms with van der Waals surface area (Å²) in [6.45, 7) is 4.00. The number of nitrogens with one attached hydrogen (secondary N) is 1. The quantitative estimate of drug-likeness (QED) is 0.333. The van der Waals surface area contributed by atoms with Gasteiger partial charge in [0.1, 0.15) is 5.75 Å². The first kappa shape index (κ1) is 22.9. The van der Waals surface area contributed by atoms with E-state index in [0.717, 1.165) is 22.4 Å². The number of aryl methyl sites for hydroxylation is 2. The normalized spacial score (nSPS) is 10.8. The number of methoxy groups -OCH3 is 1. The third kappa shape index (κ3) is 5.38. The molecule has 0 fully saturated rings. The standard InChI is InChI=1S/C25H23ClN4O2S/c1-16-7-10-20(11-8-16)30-24(18-5-4-6-19(26)14-18)28-29-25(30)33-15-23(31)27-21-13-17(2)9-12-22(21)32-3/h4-14H,15H2,1-3H3,(H,27,31). The van der Waals surface area contributed by atoms with E-state index in [2.05, 4.69) is 15.5 Å². The van der Waals surface area contributed by atoms with Gasteiger partial charge in [-0.15, -0.1) is 10.2 Å². The molecule has 3 aromatic carbocycles. The van der Waals surface area contributed by atoms with Crippen molar-refractivity contribution >= 4 is 35.0 Å². The first-order valence-electron chi connectivity index (χ1n) is 10.3. The smallest absolute Gasteiger partial charge is 0.234 e. The van der Waals surface area contributed by atoms with Crippen LogP contribution in [0.15, 0.2) is 71.9 Å². The molecule has 1 heterocycles. The number of benzene rings is 3. The number of aromatic nitrogens is 3. The number of halogens is 1. The summed E-state index contributed by atoms with van der Waals surface area (Å²) in [5.74, 6) is 1.28. The first-order valence-corrected chi connectivity index (χ1v) is 11.7. The SMILES string of the molecule is COc1ccc(C)cc1NC(=O)CSc1nnc(-c2cccc(Cl)c2)n1-c1ccc(C)cc1. The molecule has 0 aliphatic carbocycles. The highest BCUT2D eigenvalue weighted by Gasteiger charge is 2.18. The molecule has 0 bridgehead atoms. The van der Waals surface area contributed by atoms with E-state index in [4.69, 9.17) is 16.3 Å². The second-order valence-electron chi connectivity index (χ2n) is 7.53. The van der Waals surface area contributed by atoms with Crippen LogP contribution < -0.4 is 10.1 Å².